The molecule has 2 aromatic heterocycles. The lowest BCUT2D eigenvalue weighted by molar-refractivity contribution is 0.0600. The number of carbonyl (C=O) groups excluding carboxylic acids is 1. The second-order valence-electron chi connectivity index (χ2n) is 6.68. The Hall–Kier alpha value is -3.43. The van der Waals surface area contributed by atoms with Gasteiger partial charge in [0, 0.05) is 11.9 Å². The van der Waals surface area contributed by atoms with Crippen LogP contribution in [0.1, 0.15) is 15.9 Å². The molecule has 0 amide bonds. The second-order valence-corrected chi connectivity index (χ2v) is 9.28. The van der Waals surface area contributed by atoms with Gasteiger partial charge in [-0.25, -0.2) is 13.2 Å². The number of nitrogens with zero attached hydrogens (tertiary/aromatic N) is 2. The lowest BCUT2D eigenvalue weighted by atomic mass is 10.2. The highest BCUT2D eigenvalue weighted by atomic mass is 32.2. The van der Waals surface area contributed by atoms with E-state index < -0.39 is 16.0 Å². The molecular formula is C22H19N3O4S2. The third-order valence-electron chi connectivity index (χ3n) is 4.52. The quantitative estimate of drug-likeness (QED) is 0.423. The van der Waals surface area contributed by atoms with Gasteiger partial charge in [0.2, 0.25) is 0 Å². The van der Waals surface area contributed by atoms with Crippen molar-refractivity contribution in [1.82, 2.24) is 9.78 Å². The van der Waals surface area contributed by atoms with Crippen molar-refractivity contribution in [3.63, 3.8) is 0 Å². The van der Waals surface area contributed by atoms with Crippen LogP contribution in [0.5, 0.6) is 0 Å². The van der Waals surface area contributed by atoms with Gasteiger partial charge in [0.1, 0.15) is 10.6 Å². The van der Waals surface area contributed by atoms with Crippen molar-refractivity contribution < 1.29 is 17.9 Å². The summed E-state index contributed by atoms with van der Waals surface area (Å²) in [7, 11) is -2.63. The number of hydrogen-bond acceptors (Lipinski definition) is 6. The maximum atomic E-state index is 13.2. The molecule has 0 aliphatic rings. The summed E-state index contributed by atoms with van der Waals surface area (Å²) in [5, 5.41) is 6.43. The topological polar surface area (TPSA) is 90.3 Å². The molecule has 7 nitrogen and oxygen atoms in total. The number of methoxy groups -OCH3 is 1. The summed E-state index contributed by atoms with van der Waals surface area (Å²) in [6, 6.07) is 19.4. The van der Waals surface area contributed by atoms with Crippen LogP contribution in [-0.2, 0) is 21.3 Å². The first kappa shape index (κ1) is 20.8. The highest BCUT2D eigenvalue weighted by molar-refractivity contribution is 7.92. The number of esters is 1. The maximum Gasteiger partial charge on any atom is 0.337 e. The molecule has 158 valence electrons. The molecule has 0 fully saturated rings. The zero-order valence-electron chi connectivity index (χ0n) is 16.6. The highest BCUT2D eigenvalue weighted by Crippen LogP contribution is 2.31. The Bertz CT molecular complexity index is 1280. The fourth-order valence-corrected chi connectivity index (χ4v) is 5.05. The highest BCUT2D eigenvalue weighted by Gasteiger charge is 2.24. The van der Waals surface area contributed by atoms with Crippen LogP contribution in [0.15, 0.2) is 83.2 Å². The molecule has 0 saturated heterocycles. The van der Waals surface area contributed by atoms with Crippen molar-refractivity contribution >= 4 is 33.0 Å². The van der Waals surface area contributed by atoms with E-state index in [2.05, 4.69) is 14.6 Å². The molecule has 0 aliphatic carbocycles. The summed E-state index contributed by atoms with van der Waals surface area (Å²) in [6.07, 6.45) is 1.53. The van der Waals surface area contributed by atoms with Crippen LogP contribution in [0.25, 0.3) is 10.6 Å². The third kappa shape index (κ3) is 4.68. The van der Waals surface area contributed by atoms with Crippen LogP contribution >= 0.6 is 11.3 Å². The van der Waals surface area contributed by atoms with Gasteiger partial charge in [0.25, 0.3) is 10.0 Å². The summed E-state index contributed by atoms with van der Waals surface area (Å²) < 4.78 is 35.3. The van der Waals surface area contributed by atoms with Gasteiger partial charge in [-0.2, -0.15) is 5.10 Å². The molecule has 0 atom stereocenters. The minimum atomic E-state index is -3.92. The SMILES string of the molecule is COC(=O)c1ccc(NS(=O)(=O)c2cn(Cc3ccccc3)nc2-c2cccs2)cc1. The van der Waals surface area contributed by atoms with Gasteiger partial charge in [-0.1, -0.05) is 36.4 Å². The number of anilines is 1. The molecule has 0 aliphatic heterocycles. The summed E-state index contributed by atoms with van der Waals surface area (Å²) in [5.74, 6) is -0.489. The molecule has 1 N–H and O–H groups in total. The number of nitrogens with one attached hydrogen (secondary N) is 1. The fraction of sp³-hybridized carbons (Fsp3) is 0.0909. The van der Waals surface area contributed by atoms with Crippen LogP contribution in [0.3, 0.4) is 0 Å². The number of aromatic nitrogens is 2. The van der Waals surface area contributed by atoms with Crippen LogP contribution in [0, 0.1) is 0 Å². The lowest BCUT2D eigenvalue weighted by Gasteiger charge is -2.08. The molecule has 4 aromatic rings. The van der Waals surface area contributed by atoms with E-state index in [0.29, 0.717) is 23.5 Å². The number of ether oxygens (including phenoxy) is 1. The monoisotopic (exact) mass is 453 g/mol. The second kappa shape index (κ2) is 8.75. The van der Waals surface area contributed by atoms with Gasteiger partial charge in [-0.3, -0.25) is 9.40 Å². The predicted octanol–water partition coefficient (Wildman–Crippen LogP) is 4.25. The molecule has 31 heavy (non-hydrogen) atoms. The molecule has 0 unspecified atom stereocenters. The first-order valence-electron chi connectivity index (χ1n) is 9.33. The van der Waals surface area contributed by atoms with E-state index >= 15 is 0 Å². The first-order chi connectivity index (χ1) is 15.0. The zero-order valence-corrected chi connectivity index (χ0v) is 18.2. The number of sulfonamides is 1. The normalized spacial score (nSPS) is 11.3. The van der Waals surface area contributed by atoms with Crippen molar-refractivity contribution in [2.45, 2.75) is 11.4 Å². The van der Waals surface area contributed by atoms with Crippen molar-refractivity contribution in [3.8, 4) is 10.6 Å². The number of rotatable bonds is 7. The summed E-state index contributed by atoms with van der Waals surface area (Å²) in [6.45, 7) is 0.447. The lowest BCUT2D eigenvalue weighted by Crippen LogP contribution is -2.13. The van der Waals surface area contributed by atoms with Crippen LogP contribution in [-0.4, -0.2) is 31.3 Å². The van der Waals surface area contributed by atoms with Crippen molar-refractivity contribution in [2.75, 3.05) is 11.8 Å². The van der Waals surface area contributed by atoms with Gasteiger partial charge in [0.15, 0.2) is 0 Å². The molecular weight excluding hydrogens is 434 g/mol. The Morgan fingerprint density at radius 3 is 2.45 bits per heavy atom. The number of benzene rings is 2. The maximum absolute atomic E-state index is 13.2. The van der Waals surface area contributed by atoms with Crippen molar-refractivity contribution in [2.24, 2.45) is 0 Å². The van der Waals surface area contributed by atoms with Gasteiger partial charge in [-0.15, -0.1) is 11.3 Å². The fourth-order valence-electron chi connectivity index (χ4n) is 3.04. The van der Waals surface area contributed by atoms with Crippen LogP contribution < -0.4 is 4.72 Å². The average molecular weight is 454 g/mol. The van der Waals surface area contributed by atoms with Crippen molar-refractivity contribution in [3.05, 3.63) is 89.4 Å². The van der Waals surface area contributed by atoms with E-state index in [4.69, 9.17) is 0 Å². The summed E-state index contributed by atoms with van der Waals surface area (Å²) >= 11 is 1.42. The van der Waals surface area contributed by atoms with E-state index in [1.54, 1.807) is 4.68 Å². The summed E-state index contributed by atoms with van der Waals surface area (Å²) in [4.78, 5) is 12.4. The van der Waals surface area contributed by atoms with Crippen LogP contribution in [0.4, 0.5) is 5.69 Å². The van der Waals surface area contributed by atoms with Gasteiger partial charge in [0.05, 0.1) is 24.1 Å². The first-order valence-corrected chi connectivity index (χ1v) is 11.7. The number of thiophene rings is 1. The Kier molecular flexibility index (Phi) is 5.88. The number of carbonyl (C=O) groups is 1. The van der Waals surface area contributed by atoms with Gasteiger partial charge >= 0.3 is 5.97 Å². The predicted molar refractivity (Wildman–Crippen MR) is 120 cm³/mol. The van der Waals surface area contributed by atoms with E-state index in [-0.39, 0.29) is 4.90 Å². The largest absolute Gasteiger partial charge is 0.465 e. The molecule has 0 radical (unpaired) electrons. The minimum Gasteiger partial charge on any atom is -0.465 e. The standard InChI is InChI=1S/C22H19N3O4S2/c1-29-22(26)17-9-11-18(12-10-17)24-31(27,28)20-15-25(14-16-6-3-2-4-7-16)23-21(20)19-8-5-13-30-19/h2-13,15,24H,14H2,1H3. The van der Waals surface area contributed by atoms with Crippen LogP contribution in [0.2, 0.25) is 0 Å². The molecule has 0 saturated carbocycles. The smallest absolute Gasteiger partial charge is 0.337 e. The molecule has 9 heteroatoms. The minimum absolute atomic E-state index is 0.0860. The molecule has 4 rings (SSSR count). The summed E-state index contributed by atoms with van der Waals surface area (Å²) in [5.41, 5.74) is 2.07. The molecule has 0 spiro atoms. The third-order valence-corrected chi connectivity index (χ3v) is 6.78. The van der Waals surface area contributed by atoms with E-state index in [0.717, 1.165) is 10.4 Å². The Balaban J connectivity index is 1.67. The zero-order chi connectivity index (χ0) is 21.8. The van der Waals surface area contributed by atoms with Crippen molar-refractivity contribution in [1.29, 1.82) is 0 Å². The number of hydrogen-bond donors (Lipinski definition) is 1. The van der Waals surface area contributed by atoms with Gasteiger partial charge in [-0.05, 0) is 41.3 Å². The average Bonchev–Trinajstić information content (AvgIpc) is 3.44. The van der Waals surface area contributed by atoms with E-state index in [9.17, 15) is 13.2 Å². The van der Waals surface area contributed by atoms with E-state index in [1.807, 2.05) is 47.8 Å². The Morgan fingerprint density at radius 2 is 1.81 bits per heavy atom. The molecule has 2 aromatic carbocycles. The Labute approximate surface area is 184 Å². The molecule has 2 heterocycles. The van der Waals surface area contributed by atoms with Gasteiger partial charge < -0.3 is 4.74 Å². The Morgan fingerprint density at radius 1 is 1.06 bits per heavy atom. The molecule has 0 bridgehead atoms. The van der Waals surface area contributed by atoms with E-state index in [1.165, 1.54) is 48.9 Å².